The Morgan fingerprint density at radius 2 is 1.05 bits per heavy atom. The molecule has 9 saturated carbocycles. The number of carbonyl (C=O) groups is 2. The van der Waals surface area contributed by atoms with Gasteiger partial charge in [0.2, 0.25) is 0 Å². The Kier molecular flexibility index (Phi) is 9.80. The van der Waals surface area contributed by atoms with E-state index in [-0.39, 0.29) is 50.2 Å². The number of methoxy groups -OCH3 is 2. The number of carbonyl (C=O) groups excluding carboxylic acids is 2. The highest BCUT2D eigenvalue weighted by molar-refractivity contribution is 6.05. The van der Waals surface area contributed by atoms with Crippen LogP contribution in [0.2, 0.25) is 0 Å². The van der Waals surface area contributed by atoms with Crippen molar-refractivity contribution in [3.05, 3.63) is 22.3 Å². The molecule has 0 saturated heterocycles. The standard InChI is InChI=1S/C49H68O10/c1-24-20-30-38-39-31(46-45(30)49(46,47(50)58-18-16-56-14-12-54-10-8-52-2)48(51)59-19-17-57-15-13-55-11-9-53-3)23-28-22-27-21-26-5-4-25-6-7-29-32(24)40(38)44-42(39)36(28)35(27)41-34(26)33(25)37(29)43(41)44/h24-28,30-31,33-36,38-39,41-46H,4-23H2,1-3H3. The molecule has 324 valence electrons. The van der Waals surface area contributed by atoms with Gasteiger partial charge in [0.15, 0.2) is 5.41 Å². The van der Waals surface area contributed by atoms with Crippen molar-refractivity contribution in [1.82, 2.24) is 0 Å². The molecule has 10 nitrogen and oxygen atoms in total. The molecule has 0 radical (unpaired) electrons. The molecule has 10 heteroatoms. The average Bonchev–Trinajstić information content (AvgIpc) is 3.40. The number of esters is 2. The highest BCUT2D eigenvalue weighted by Crippen LogP contribution is 2.87. The molecule has 0 N–H and O–H groups in total. The molecular weight excluding hydrogens is 749 g/mol. The van der Waals surface area contributed by atoms with Crippen LogP contribution in [-0.2, 0) is 47.5 Å². The van der Waals surface area contributed by atoms with Crippen LogP contribution in [-0.4, -0.2) is 105 Å². The first-order chi connectivity index (χ1) is 29.0. The number of rotatable bonds is 20. The lowest BCUT2D eigenvalue weighted by molar-refractivity contribution is -0.169. The van der Waals surface area contributed by atoms with Crippen molar-refractivity contribution in [1.29, 1.82) is 0 Å². The minimum absolute atomic E-state index is 0.00238. The molecule has 0 aromatic rings. The minimum atomic E-state index is -1.25. The predicted molar refractivity (Wildman–Crippen MR) is 214 cm³/mol. The van der Waals surface area contributed by atoms with Crippen molar-refractivity contribution in [3.8, 4) is 0 Å². The molecule has 0 bridgehead atoms. The Morgan fingerprint density at radius 3 is 1.71 bits per heavy atom. The molecule has 0 aromatic carbocycles. The summed E-state index contributed by atoms with van der Waals surface area (Å²) in [7, 11) is 3.31. The molecule has 0 amide bonds. The summed E-state index contributed by atoms with van der Waals surface area (Å²) in [5.74, 6) is 11.8. The maximum Gasteiger partial charge on any atom is 0.324 e. The fourth-order valence-electron chi connectivity index (χ4n) is 19.2. The fourth-order valence-corrected chi connectivity index (χ4v) is 19.2. The molecule has 0 aromatic heterocycles. The normalized spacial score (nSPS) is 46.9. The van der Waals surface area contributed by atoms with Crippen LogP contribution in [0.1, 0.15) is 58.3 Å². The smallest absolute Gasteiger partial charge is 0.324 e. The lowest BCUT2D eigenvalue weighted by Crippen LogP contribution is -2.54. The first kappa shape index (κ1) is 38.8. The van der Waals surface area contributed by atoms with Gasteiger partial charge in [-0.2, -0.15) is 0 Å². The molecule has 19 unspecified atom stereocenters. The highest BCUT2D eigenvalue weighted by atomic mass is 16.6. The summed E-state index contributed by atoms with van der Waals surface area (Å²) < 4.78 is 45.2. The van der Waals surface area contributed by atoms with Crippen LogP contribution in [0.25, 0.3) is 0 Å². The number of ether oxygens (including phenoxy) is 8. The van der Waals surface area contributed by atoms with Crippen molar-refractivity contribution < 1.29 is 47.5 Å². The second-order valence-corrected chi connectivity index (χ2v) is 21.3. The minimum Gasteiger partial charge on any atom is -0.462 e. The molecule has 9 fully saturated rings. The van der Waals surface area contributed by atoms with E-state index in [9.17, 15) is 9.59 Å². The third-order valence-electron chi connectivity index (χ3n) is 19.8. The van der Waals surface area contributed by atoms with Crippen LogP contribution in [0.5, 0.6) is 0 Å². The molecule has 12 aliphatic rings. The zero-order valence-electron chi connectivity index (χ0n) is 35.7. The number of fused-ring (bicyclic) bond motifs is 4. The second-order valence-electron chi connectivity index (χ2n) is 21.3. The Morgan fingerprint density at radius 1 is 0.508 bits per heavy atom. The molecule has 0 spiro atoms. The topological polar surface area (TPSA) is 108 Å². The van der Waals surface area contributed by atoms with E-state index in [1.807, 2.05) is 22.3 Å². The van der Waals surface area contributed by atoms with Crippen LogP contribution < -0.4 is 0 Å². The van der Waals surface area contributed by atoms with Gasteiger partial charge in [0.05, 0.1) is 66.1 Å². The third-order valence-corrected chi connectivity index (χ3v) is 19.8. The molecule has 0 aliphatic heterocycles. The van der Waals surface area contributed by atoms with E-state index in [0.29, 0.717) is 82.4 Å². The van der Waals surface area contributed by atoms with Crippen molar-refractivity contribution >= 4 is 11.9 Å². The molecule has 19 atom stereocenters. The summed E-state index contributed by atoms with van der Waals surface area (Å²) in [4.78, 5) is 29.9. The van der Waals surface area contributed by atoms with E-state index < -0.39 is 5.41 Å². The zero-order chi connectivity index (χ0) is 39.7. The summed E-state index contributed by atoms with van der Waals surface area (Å²) >= 11 is 0. The quantitative estimate of drug-likeness (QED) is 0.0823. The molecule has 0 heterocycles. The monoisotopic (exact) mass is 816 g/mol. The van der Waals surface area contributed by atoms with Gasteiger partial charge in [-0.05, 0) is 175 Å². The van der Waals surface area contributed by atoms with Crippen LogP contribution in [0.15, 0.2) is 22.3 Å². The van der Waals surface area contributed by atoms with E-state index in [0.717, 1.165) is 77.4 Å². The van der Waals surface area contributed by atoms with E-state index in [4.69, 9.17) is 37.9 Å². The SMILES string of the molecule is COCCOCCOCCOC(=O)C1(C(=O)OCCOCCOCCOC)C2C3CC(C)C4=C5C3C3C(CC6CC7CC8CCC9CCC4=C4C9C8C8C4C5C3C6C78)C21. The Hall–Kier alpha value is -1.82. The van der Waals surface area contributed by atoms with Gasteiger partial charge in [-0.3, -0.25) is 9.59 Å². The summed E-state index contributed by atoms with van der Waals surface area (Å²) in [6, 6.07) is 0. The van der Waals surface area contributed by atoms with Gasteiger partial charge in [-0.1, -0.05) is 18.1 Å². The van der Waals surface area contributed by atoms with Gasteiger partial charge in [-0.25, -0.2) is 0 Å². The Bertz CT molecular complexity index is 1720. The van der Waals surface area contributed by atoms with Crippen molar-refractivity contribution in [2.24, 2.45) is 118 Å². The maximum atomic E-state index is 14.9. The van der Waals surface area contributed by atoms with Gasteiger partial charge in [0.25, 0.3) is 0 Å². The predicted octanol–water partition coefficient (Wildman–Crippen LogP) is 6.02. The number of allylic oxidation sites excluding steroid dienone is 4. The molecule has 59 heavy (non-hydrogen) atoms. The maximum absolute atomic E-state index is 14.9. The Labute approximate surface area is 350 Å². The van der Waals surface area contributed by atoms with Gasteiger partial charge in [0, 0.05) is 14.2 Å². The molecule has 12 rings (SSSR count). The summed E-state index contributed by atoms with van der Waals surface area (Å²) in [5.41, 5.74) is 6.36. The summed E-state index contributed by atoms with van der Waals surface area (Å²) in [5, 5.41) is 0. The first-order valence-corrected chi connectivity index (χ1v) is 24.1. The lowest BCUT2D eigenvalue weighted by atomic mass is 9.46. The highest BCUT2D eigenvalue weighted by Gasteiger charge is 2.87. The Balaban J connectivity index is 0.860. The fraction of sp³-hybridized carbons (Fsp3) is 0.878. The van der Waals surface area contributed by atoms with Crippen LogP contribution in [0.3, 0.4) is 0 Å². The van der Waals surface area contributed by atoms with Gasteiger partial charge < -0.3 is 37.9 Å². The average molecular weight is 817 g/mol. The number of hydrogen-bond donors (Lipinski definition) is 0. The van der Waals surface area contributed by atoms with Gasteiger partial charge in [-0.15, -0.1) is 0 Å². The van der Waals surface area contributed by atoms with Gasteiger partial charge in [0.1, 0.15) is 13.2 Å². The molecule has 12 aliphatic carbocycles. The van der Waals surface area contributed by atoms with E-state index in [2.05, 4.69) is 6.92 Å². The van der Waals surface area contributed by atoms with Crippen molar-refractivity contribution in [2.45, 2.75) is 58.3 Å². The first-order valence-electron chi connectivity index (χ1n) is 24.1. The van der Waals surface area contributed by atoms with E-state index in [1.54, 1.807) is 14.2 Å². The summed E-state index contributed by atoms with van der Waals surface area (Å²) in [6.45, 7) is 7.16. The third kappa shape index (κ3) is 5.31. The van der Waals surface area contributed by atoms with Crippen molar-refractivity contribution in [3.63, 3.8) is 0 Å². The zero-order valence-corrected chi connectivity index (χ0v) is 35.7. The number of hydrogen-bond acceptors (Lipinski definition) is 10. The largest absolute Gasteiger partial charge is 0.462 e. The van der Waals surface area contributed by atoms with Crippen LogP contribution in [0.4, 0.5) is 0 Å². The molecular formula is C49H68O10. The lowest BCUT2D eigenvalue weighted by Gasteiger charge is -2.58. The van der Waals surface area contributed by atoms with E-state index >= 15 is 0 Å². The van der Waals surface area contributed by atoms with Crippen molar-refractivity contribution in [2.75, 3.05) is 93.5 Å². The van der Waals surface area contributed by atoms with E-state index in [1.165, 1.54) is 44.9 Å². The van der Waals surface area contributed by atoms with Crippen LogP contribution >= 0.6 is 0 Å². The van der Waals surface area contributed by atoms with Crippen LogP contribution in [0, 0.1) is 118 Å². The van der Waals surface area contributed by atoms with Gasteiger partial charge >= 0.3 is 11.9 Å². The summed E-state index contributed by atoms with van der Waals surface area (Å²) in [6.07, 6.45) is 10.8. The second kappa shape index (κ2) is 14.9.